The molecule has 3 rings (SSSR count). The number of nitrogens with one attached hydrogen (secondary N) is 1. The maximum atomic E-state index is 14.2. The molecule has 0 radical (unpaired) electrons. The summed E-state index contributed by atoms with van der Waals surface area (Å²) in [5.41, 5.74) is 0.983. The van der Waals surface area contributed by atoms with E-state index in [0.29, 0.717) is 0 Å². The highest BCUT2D eigenvalue weighted by molar-refractivity contribution is 5.93. The van der Waals surface area contributed by atoms with Crippen LogP contribution in [-0.2, 0) is 17.8 Å². The number of benzene rings is 1. The molecule has 5 nitrogen and oxygen atoms in total. The molecule has 1 aromatic heterocycles. The molecule has 134 valence electrons. The topological polar surface area (TPSA) is 59.8 Å². The van der Waals surface area contributed by atoms with Crippen molar-refractivity contribution in [2.45, 2.75) is 58.9 Å². The van der Waals surface area contributed by atoms with Crippen molar-refractivity contribution in [3.8, 4) is 11.4 Å². The van der Waals surface area contributed by atoms with Crippen LogP contribution in [0.25, 0.3) is 11.4 Å². The SMILES string of the molecule is CCCC(C)C(=O)Nc1cc(-c2nnc3n2CCCCC3)ccc1F. The number of fused-ring (bicyclic) bond motifs is 1. The fourth-order valence-corrected chi connectivity index (χ4v) is 3.28. The molecule has 0 saturated carbocycles. The molecule has 1 aliphatic rings. The molecule has 25 heavy (non-hydrogen) atoms. The molecule has 1 atom stereocenters. The number of anilines is 1. The molecule has 1 unspecified atom stereocenters. The van der Waals surface area contributed by atoms with Crippen molar-refractivity contribution in [3.05, 3.63) is 29.8 Å². The van der Waals surface area contributed by atoms with Gasteiger partial charge < -0.3 is 9.88 Å². The molecule has 1 N–H and O–H groups in total. The number of aromatic nitrogens is 3. The van der Waals surface area contributed by atoms with Crippen LogP contribution in [0.1, 0.15) is 51.8 Å². The Labute approximate surface area is 147 Å². The molecule has 2 aromatic rings. The predicted molar refractivity (Wildman–Crippen MR) is 95.7 cm³/mol. The van der Waals surface area contributed by atoms with Gasteiger partial charge in [-0.05, 0) is 37.5 Å². The van der Waals surface area contributed by atoms with Crippen LogP contribution in [0.15, 0.2) is 18.2 Å². The lowest BCUT2D eigenvalue weighted by Crippen LogP contribution is -2.20. The molecule has 2 heterocycles. The maximum Gasteiger partial charge on any atom is 0.227 e. The van der Waals surface area contributed by atoms with E-state index >= 15 is 0 Å². The number of halogens is 1. The number of aryl methyl sites for hydroxylation is 1. The van der Waals surface area contributed by atoms with Crippen LogP contribution in [0.5, 0.6) is 0 Å². The number of carbonyl (C=O) groups excluding carboxylic acids is 1. The number of hydrogen-bond donors (Lipinski definition) is 1. The van der Waals surface area contributed by atoms with Gasteiger partial charge in [-0.15, -0.1) is 10.2 Å². The molecular formula is C19H25FN4O. The Morgan fingerprint density at radius 1 is 1.32 bits per heavy atom. The highest BCUT2D eigenvalue weighted by Crippen LogP contribution is 2.27. The zero-order valence-corrected chi connectivity index (χ0v) is 14.9. The summed E-state index contributed by atoms with van der Waals surface area (Å²) in [7, 11) is 0. The van der Waals surface area contributed by atoms with Gasteiger partial charge in [-0.2, -0.15) is 0 Å². The third-order valence-electron chi connectivity index (χ3n) is 4.76. The fraction of sp³-hybridized carbons (Fsp3) is 0.526. The van der Waals surface area contributed by atoms with Crippen molar-refractivity contribution in [1.82, 2.24) is 14.8 Å². The van der Waals surface area contributed by atoms with Crippen LogP contribution in [0.4, 0.5) is 10.1 Å². The molecule has 1 amide bonds. The van der Waals surface area contributed by atoms with Crippen LogP contribution in [0, 0.1) is 11.7 Å². The summed E-state index contributed by atoms with van der Waals surface area (Å²) >= 11 is 0. The summed E-state index contributed by atoms with van der Waals surface area (Å²) in [5.74, 6) is 1.000. The Bertz CT molecular complexity index is 756. The van der Waals surface area contributed by atoms with Crippen molar-refractivity contribution >= 4 is 11.6 Å². The summed E-state index contributed by atoms with van der Waals surface area (Å²) in [6, 6.07) is 4.74. The molecule has 1 aromatic carbocycles. The monoisotopic (exact) mass is 344 g/mol. The Kier molecular flexibility index (Phi) is 5.46. The quantitative estimate of drug-likeness (QED) is 0.885. The number of carbonyl (C=O) groups is 1. The van der Waals surface area contributed by atoms with Crippen LogP contribution in [0.2, 0.25) is 0 Å². The number of nitrogens with zero attached hydrogens (tertiary/aromatic N) is 3. The summed E-state index contributed by atoms with van der Waals surface area (Å²) < 4.78 is 16.3. The van der Waals surface area contributed by atoms with Gasteiger partial charge >= 0.3 is 0 Å². The van der Waals surface area contributed by atoms with Crippen molar-refractivity contribution < 1.29 is 9.18 Å². The van der Waals surface area contributed by atoms with E-state index in [1.165, 1.54) is 12.5 Å². The highest BCUT2D eigenvalue weighted by atomic mass is 19.1. The molecule has 0 aliphatic carbocycles. The molecule has 1 aliphatic heterocycles. The largest absolute Gasteiger partial charge is 0.323 e. The standard InChI is InChI=1S/C19H25FN4O/c1-3-7-13(2)19(25)21-16-12-14(9-10-15(16)20)18-23-22-17-8-5-4-6-11-24(17)18/h9-10,12-13H,3-8,11H2,1-2H3,(H,21,25). The van der Waals surface area contributed by atoms with Gasteiger partial charge in [-0.1, -0.05) is 26.7 Å². The van der Waals surface area contributed by atoms with E-state index in [9.17, 15) is 9.18 Å². The van der Waals surface area contributed by atoms with Gasteiger partial charge in [-0.3, -0.25) is 4.79 Å². The van der Waals surface area contributed by atoms with E-state index in [-0.39, 0.29) is 17.5 Å². The molecule has 0 spiro atoms. The predicted octanol–water partition coefficient (Wildman–Crippen LogP) is 4.19. The summed E-state index contributed by atoms with van der Waals surface area (Å²) in [6.07, 6.45) is 6.03. The van der Waals surface area contributed by atoms with E-state index in [1.807, 2.05) is 13.8 Å². The van der Waals surface area contributed by atoms with Gasteiger partial charge in [0.1, 0.15) is 11.6 Å². The third-order valence-corrected chi connectivity index (χ3v) is 4.76. The molecule has 0 fully saturated rings. The lowest BCUT2D eigenvalue weighted by molar-refractivity contribution is -0.119. The third kappa shape index (κ3) is 3.89. The van der Waals surface area contributed by atoms with Gasteiger partial charge in [0.2, 0.25) is 5.91 Å². The second-order valence-corrected chi connectivity index (χ2v) is 6.78. The Morgan fingerprint density at radius 2 is 2.16 bits per heavy atom. The van der Waals surface area contributed by atoms with Gasteiger partial charge in [0.15, 0.2) is 5.82 Å². The minimum absolute atomic E-state index is 0.141. The van der Waals surface area contributed by atoms with Gasteiger partial charge in [-0.25, -0.2) is 4.39 Å². The van der Waals surface area contributed by atoms with Crippen LogP contribution in [0.3, 0.4) is 0 Å². The lowest BCUT2D eigenvalue weighted by atomic mass is 10.1. The Hall–Kier alpha value is -2.24. The molecular weight excluding hydrogens is 319 g/mol. The van der Waals surface area contributed by atoms with Crippen molar-refractivity contribution in [1.29, 1.82) is 0 Å². The first-order valence-electron chi connectivity index (χ1n) is 9.13. The maximum absolute atomic E-state index is 14.2. The first kappa shape index (κ1) is 17.6. The summed E-state index contributed by atoms with van der Waals surface area (Å²) in [4.78, 5) is 12.2. The summed E-state index contributed by atoms with van der Waals surface area (Å²) in [6.45, 7) is 4.77. The lowest BCUT2D eigenvalue weighted by Gasteiger charge is -2.13. The van der Waals surface area contributed by atoms with Crippen LogP contribution in [-0.4, -0.2) is 20.7 Å². The minimum atomic E-state index is -0.434. The zero-order chi connectivity index (χ0) is 17.8. The zero-order valence-electron chi connectivity index (χ0n) is 14.9. The smallest absolute Gasteiger partial charge is 0.227 e. The van der Waals surface area contributed by atoms with Crippen LogP contribution >= 0.6 is 0 Å². The Balaban J connectivity index is 1.87. The average molecular weight is 344 g/mol. The number of amides is 1. The van der Waals surface area contributed by atoms with Crippen molar-refractivity contribution in [2.75, 3.05) is 5.32 Å². The van der Waals surface area contributed by atoms with Crippen molar-refractivity contribution in [2.24, 2.45) is 5.92 Å². The van der Waals surface area contributed by atoms with E-state index in [4.69, 9.17) is 0 Å². The first-order chi connectivity index (χ1) is 12.1. The van der Waals surface area contributed by atoms with E-state index in [2.05, 4.69) is 20.1 Å². The average Bonchev–Trinajstić information content (AvgIpc) is 2.85. The highest BCUT2D eigenvalue weighted by Gasteiger charge is 2.18. The molecule has 6 heteroatoms. The van der Waals surface area contributed by atoms with Crippen molar-refractivity contribution in [3.63, 3.8) is 0 Å². The normalized spacial score (nSPS) is 15.3. The second-order valence-electron chi connectivity index (χ2n) is 6.78. The van der Waals surface area contributed by atoms with E-state index in [1.54, 1.807) is 12.1 Å². The van der Waals surface area contributed by atoms with Gasteiger partial charge in [0.25, 0.3) is 0 Å². The van der Waals surface area contributed by atoms with Crippen LogP contribution < -0.4 is 5.32 Å². The van der Waals surface area contributed by atoms with E-state index in [0.717, 1.165) is 55.9 Å². The molecule has 0 saturated heterocycles. The first-order valence-corrected chi connectivity index (χ1v) is 9.13. The Morgan fingerprint density at radius 3 is 2.96 bits per heavy atom. The number of hydrogen-bond acceptors (Lipinski definition) is 3. The van der Waals surface area contributed by atoms with E-state index < -0.39 is 5.82 Å². The molecule has 0 bridgehead atoms. The number of rotatable bonds is 5. The summed E-state index contributed by atoms with van der Waals surface area (Å²) in [5, 5.41) is 11.3. The minimum Gasteiger partial charge on any atom is -0.323 e. The van der Waals surface area contributed by atoms with Gasteiger partial charge in [0.05, 0.1) is 5.69 Å². The fourth-order valence-electron chi connectivity index (χ4n) is 3.28. The van der Waals surface area contributed by atoms with Gasteiger partial charge in [0, 0.05) is 24.4 Å². The second kappa shape index (κ2) is 7.76.